The molecule has 2 atom stereocenters. The van der Waals surface area contributed by atoms with Crippen LogP contribution in [-0.2, 0) is 4.79 Å². The Balaban J connectivity index is 1.95. The second kappa shape index (κ2) is 4.54. The number of aliphatic carboxylic acids is 1. The molecule has 1 heterocycles. The van der Waals surface area contributed by atoms with Crippen molar-refractivity contribution in [1.82, 2.24) is 5.32 Å². The van der Waals surface area contributed by atoms with Crippen molar-refractivity contribution in [3.63, 3.8) is 0 Å². The molecule has 2 aliphatic rings. The predicted molar refractivity (Wildman–Crippen MR) is 78.5 cm³/mol. The van der Waals surface area contributed by atoms with E-state index in [0.29, 0.717) is 27.1 Å². The number of thioether (sulfide) groups is 1. The fourth-order valence-corrected chi connectivity index (χ4v) is 4.89. The van der Waals surface area contributed by atoms with Crippen LogP contribution in [0.3, 0.4) is 0 Å². The summed E-state index contributed by atoms with van der Waals surface area (Å²) in [5.41, 5.74) is 0.350. The third-order valence-corrected chi connectivity index (χ3v) is 6.66. The molecule has 0 unspecified atom stereocenters. The Hall–Kier alpha value is -1.44. The molecule has 1 saturated heterocycles. The molecule has 2 N–H and O–H groups in total. The van der Waals surface area contributed by atoms with Gasteiger partial charge >= 0.3 is 5.97 Å². The fourth-order valence-electron chi connectivity index (χ4n) is 2.62. The normalized spacial score (nSPS) is 25.1. The van der Waals surface area contributed by atoms with Gasteiger partial charge < -0.3 is 5.11 Å². The van der Waals surface area contributed by atoms with Crippen LogP contribution in [0, 0.1) is 0 Å². The maximum absolute atomic E-state index is 12.5. The van der Waals surface area contributed by atoms with Crippen LogP contribution in [0.2, 0.25) is 5.54 Å². The molecule has 0 bridgehead atoms. The number of nitrogens with one attached hydrogen (secondary N) is 1. The number of ketones is 2. The maximum Gasteiger partial charge on any atom is 0.304 e. The Morgan fingerprint density at radius 3 is 2.40 bits per heavy atom. The van der Waals surface area contributed by atoms with Crippen LogP contribution in [-0.4, -0.2) is 49.6 Å². The van der Waals surface area contributed by atoms with Gasteiger partial charge in [-0.2, -0.15) is 0 Å². The summed E-state index contributed by atoms with van der Waals surface area (Å²) in [6.45, 7) is 0. The highest BCUT2D eigenvalue weighted by Crippen LogP contribution is 2.43. The fraction of sp³-hybridized carbons (Fsp3) is 0.308. The Morgan fingerprint density at radius 2 is 1.90 bits per heavy atom. The minimum absolute atomic E-state index is 0.246. The first-order valence-corrected chi connectivity index (χ1v) is 8.44. The number of benzene rings is 1. The molecule has 0 amide bonds. The summed E-state index contributed by atoms with van der Waals surface area (Å²) in [4.78, 5) is 34.8. The topological polar surface area (TPSA) is 83.5 Å². The van der Waals surface area contributed by atoms with Crippen LogP contribution in [0.25, 0.3) is 0 Å². The number of carbonyl (C=O) groups excluding carboxylic acids is 2. The molecule has 20 heavy (non-hydrogen) atoms. The lowest BCUT2D eigenvalue weighted by Crippen LogP contribution is -2.52. The van der Waals surface area contributed by atoms with E-state index in [1.807, 2.05) is 0 Å². The molecule has 1 aromatic rings. The van der Waals surface area contributed by atoms with Gasteiger partial charge in [-0.1, -0.05) is 24.3 Å². The van der Waals surface area contributed by atoms with E-state index in [9.17, 15) is 14.4 Å². The van der Waals surface area contributed by atoms with E-state index in [2.05, 4.69) is 5.32 Å². The summed E-state index contributed by atoms with van der Waals surface area (Å²) in [6, 6.07) is 6.43. The summed E-state index contributed by atoms with van der Waals surface area (Å²) >= 11 is 1.23. The summed E-state index contributed by atoms with van der Waals surface area (Å²) < 4.78 is 0. The minimum atomic E-state index is -1.30. The summed E-state index contributed by atoms with van der Waals surface area (Å²) in [5, 5.41) is 12.1. The zero-order chi connectivity index (χ0) is 14.5. The Bertz CT molecular complexity index is 598. The van der Waals surface area contributed by atoms with Gasteiger partial charge in [0.15, 0.2) is 4.87 Å². The number of carboxylic acid groups (broad SMARTS) is 1. The second-order valence-electron chi connectivity index (χ2n) is 5.07. The van der Waals surface area contributed by atoms with Gasteiger partial charge in [0.05, 0.1) is 5.54 Å². The lowest BCUT2D eigenvalue weighted by molar-refractivity contribution is -0.137. The summed E-state index contributed by atoms with van der Waals surface area (Å²) in [5.74, 6) is -0.900. The van der Waals surface area contributed by atoms with Crippen molar-refractivity contribution in [3.05, 3.63) is 35.4 Å². The lowest BCUT2D eigenvalue weighted by atomic mass is 10.1. The van der Waals surface area contributed by atoms with Crippen LogP contribution in [0.1, 0.15) is 20.7 Å². The zero-order valence-electron chi connectivity index (χ0n) is 10.8. The molecule has 1 fully saturated rings. The second-order valence-corrected chi connectivity index (χ2v) is 7.55. The van der Waals surface area contributed by atoms with E-state index in [0.717, 1.165) is 0 Å². The molecule has 3 rings (SSSR count). The number of carboxylic acids is 1. The van der Waals surface area contributed by atoms with Crippen molar-refractivity contribution in [2.45, 2.75) is 16.5 Å². The highest BCUT2D eigenvalue weighted by molar-refractivity contribution is 8.02. The highest BCUT2D eigenvalue weighted by atomic mass is 32.2. The molecule has 5 nitrogen and oxygen atoms in total. The summed E-state index contributed by atoms with van der Waals surface area (Å²) in [6.07, 6.45) is 0. The molecule has 7 heteroatoms. The molecular weight excluding hydrogens is 294 g/mol. The Kier molecular flexibility index (Phi) is 3.07. The monoisotopic (exact) mass is 307 g/mol. The first kappa shape index (κ1) is 13.5. The van der Waals surface area contributed by atoms with E-state index in [-0.39, 0.29) is 17.6 Å². The standard InChI is InChI=1S/C13H13NO4SSi/c15-10-6-3-1-2-4-7(6)11(16)13(10)14-8(5-19-13)9(20)12(17)18/h1-4,8-9,14H,5H2,20H3,(H,17,18)/t8-,9+/m1/s1. The van der Waals surface area contributed by atoms with Crippen molar-refractivity contribution in [1.29, 1.82) is 0 Å². The molecule has 1 spiro atoms. The molecule has 0 radical (unpaired) electrons. The van der Waals surface area contributed by atoms with E-state index in [4.69, 9.17) is 5.11 Å². The largest absolute Gasteiger partial charge is 0.481 e. The van der Waals surface area contributed by atoms with Gasteiger partial charge in [-0.3, -0.25) is 19.7 Å². The van der Waals surface area contributed by atoms with Crippen molar-refractivity contribution >= 4 is 39.5 Å². The summed E-state index contributed by atoms with van der Waals surface area (Å²) in [7, 11) is 0.471. The minimum Gasteiger partial charge on any atom is -0.481 e. The smallest absolute Gasteiger partial charge is 0.304 e. The molecule has 1 aliphatic carbocycles. The average Bonchev–Trinajstić information content (AvgIpc) is 2.98. The van der Waals surface area contributed by atoms with Crippen LogP contribution >= 0.6 is 11.8 Å². The van der Waals surface area contributed by atoms with Gasteiger partial charge in [0.1, 0.15) is 0 Å². The van der Waals surface area contributed by atoms with Gasteiger partial charge in [-0.15, -0.1) is 11.8 Å². The van der Waals surface area contributed by atoms with E-state index in [1.165, 1.54) is 11.8 Å². The number of hydrogen-bond donors (Lipinski definition) is 2. The Labute approximate surface area is 122 Å². The molecule has 0 aromatic heterocycles. The van der Waals surface area contributed by atoms with Crippen molar-refractivity contribution in [2.24, 2.45) is 0 Å². The quantitative estimate of drug-likeness (QED) is 0.577. The van der Waals surface area contributed by atoms with Crippen LogP contribution in [0.4, 0.5) is 0 Å². The van der Waals surface area contributed by atoms with E-state index in [1.54, 1.807) is 24.3 Å². The molecule has 1 aromatic carbocycles. The predicted octanol–water partition coefficient (Wildman–Crippen LogP) is -0.295. The van der Waals surface area contributed by atoms with E-state index >= 15 is 0 Å². The average molecular weight is 307 g/mol. The first-order valence-electron chi connectivity index (χ1n) is 6.30. The van der Waals surface area contributed by atoms with Gasteiger partial charge in [0.2, 0.25) is 11.6 Å². The molecule has 1 aliphatic heterocycles. The van der Waals surface area contributed by atoms with Crippen LogP contribution < -0.4 is 5.32 Å². The molecule has 104 valence electrons. The first-order chi connectivity index (χ1) is 9.47. The Morgan fingerprint density at radius 1 is 1.35 bits per heavy atom. The van der Waals surface area contributed by atoms with Crippen molar-refractivity contribution in [3.8, 4) is 0 Å². The van der Waals surface area contributed by atoms with Gasteiger partial charge in [0, 0.05) is 33.2 Å². The van der Waals surface area contributed by atoms with Crippen LogP contribution in [0.15, 0.2) is 24.3 Å². The van der Waals surface area contributed by atoms with Gasteiger partial charge in [-0.25, -0.2) is 0 Å². The third kappa shape index (κ3) is 1.70. The van der Waals surface area contributed by atoms with Gasteiger partial charge in [-0.05, 0) is 0 Å². The maximum atomic E-state index is 12.5. The number of fused-ring (bicyclic) bond motifs is 1. The molecule has 0 saturated carbocycles. The number of Topliss-reactive ketones (excluding diaryl/α,β-unsaturated/α-hetero) is 2. The van der Waals surface area contributed by atoms with Gasteiger partial charge in [0.25, 0.3) is 0 Å². The lowest BCUT2D eigenvalue weighted by Gasteiger charge is -2.22. The number of carbonyl (C=O) groups is 3. The highest BCUT2D eigenvalue weighted by Gasteiger charge is 2.58. The zero-order valence-corrected chi connectivity index (χ0v) is 13.6. The number of rotatable bonds is 2. The molecular formula is C13H13NO4SSi. The van der Waals surface area contributed by atoms with Crippen molar-refractivity contribution < 1.29 is 19.5 Å². The number of hydrogen-bond acceptors (Lipinski definition) is 5. The SMILES string of the molecule is O=C(O)[C@@H]([SiH3])[C@H]1CSC2(N1)C(=O)c1ccccc1C2=O. The third-order valence-electron chi connectivity index (χ3n) is 3.92. The van der Waals surface area contributed by atoms with Crippen molar-refractivity contribution in [2.75, 3.05) is 5.75 Å². The van der Waals surface area contributed by atoms with Crippen LogP contribution in [0.5, 0.6) is 0 Å². The van der Waals surface area contributed by atoms with E-state index < -0.39 is 16.4 Å².